The number of aliphatic carboxylic acids is 1. The zero-order valence-corrected chi connectivity index (χ0v) is 10.3. The predicted octanol–water partition coefficient (Wildman–Crippen LogP) is 1.85. The third kappa shape index (κ3) is 3.22. The topological polar surface area (TPSA) is 70.5 Å². The van der Waals surface area contributed by atoms with Crippen LogP contribution in [0.3, 0.4) is 0 Å². The Bertz CT molecular complexity index is 510. The van der Waals surface area contributed by atoms with Crippen molar-refractivity contribution in [1.82, 2.24) is 9.88 Å². The Morgan fingerprint density at radius 3 is 2.53 bits per heavy atom. The van der Waals surface area contributed by atoms with Gasteiger partial charge in [0.1, 0.15) is 12.2 Å². The fourth-order valence-corrected chi connectivity index (χ4v) is 2.21. The highest BCUT2D eigenvalue weighted by Gasteiger charge is 2.38. The summed E-state index contributed by atoms with van der Waals surface area (Å²) in [6.45, 7) is -0.525. The Hall–Kier alpha value is -1.64. The molecule has 0 bridgehead atoms. The largest absolute Gasteiger partial charge is 0.480 e. The number of carboxylic acid groups (broad SMARTS) is 1. The Labute approximate surface area is 109 Å². The van der Waals surface area contributed by atoms with E-state index in [1.807, 2.05) is 0 Å². The maximum atomic E-state index is 12.4. The van der Waals surface area contributed by atoms with E-state index in [1.165, 1.54) is 0 Å². The molecule has 0 unspecified atom stereocenters. The molecule has 0 aliphatic heterocycles. The molecular formula is C10H9F3N2O3S. The van der Waals surface area contributed by atoms with Gasteiger partial charge in [-0.25, -0.2) is 4.98 Å². The highest BCUT2D eigenvalue weighted by Crippen LogP contribution is 2.33. The summed E-state index contributed by atoms with van der Waals surface area (Å²) < 4.78 is 37.1. The predicted molar refractivity (Wildman–Crippen MR) is 58.8 cm³/mol. The number of carbonyl (C=O) groups is 2. The number of hydrogen-bond donors (Lipinski definition) is 1. The summed E-state index contributed by atoms with van der Waals surface area (Å²) in [5.74, 6) is -1.97. The fourth-order valence-electron chi connectivity index (χ4n) is 1.55. The van der Waals surface area contributed by atoms with E-state index in [0.29, 0.717) is 24.2 Å². The summed E-state index contributed by atoms with van der Waals surface area (Å²) in [5.41, 5.74) is -0.356. The average Bonchev–Trinajstić information content (AvgIpc) is 2.99. The van der Waals surface area contributed by atoms with Gasteiger partial charge in [-0.15, -0.1) is 11.3 Å². The molecule has 1 saturated carbocycles. The van der Waals surface area contributed by atoms with Crippen LogP contribution in [0.5, 0.6) is 0 Å². The smallest absolute Gasteiger partial charge is 0.443 e. The highest BCUT2D eigenvalue weighted by atomic mass is 32.1. The second-order valence-electron chi connectivity index (χ2n) is 4.09. The van der Waals surface area contributed by atoms with Gasteiger partial charge in [0.05, 0.1) is 0 Å². The molecule has 2 rings (SSSR count). The number of nitrogens with zero attached hydrogens (tertiary/aromatic N) is 2. The molecule has 1 aliphatic carbocycles. The van der Waals surface area contributed by atoms with Crippen molar-refractivity contribution in [1.29, 1.82) is 0 Å². The van der Waals surface area contributed by atoms with Gasteiger partial charge in [0, 0.05) is 11.4 Å². The Morgan fingerprint density at radius 2 is 2.11 bits per heavy atom. The Morgan fingerprint density at radius 1 is 1.47 bits per heavy atom. The second kappa shape index (κ2) is 4.80. The standard InChI is InChI=1S/C10H9F3N2O3S/c11-10(12,13)9-14-6(4-19-9)8(18)15(3-7(16)17)5-1-2-5/h4-5H,1-3H2,(H,16,17). The first kappa shape index (κ1) is 13.8. The molecule has 19 heavy (non-hydrogen) atoms. The van der Waals surface area contributed by atoms with Gasteiger partial charge >= 0.3 is 12.1 Å². The van der Waals surface area contributed by atoms with Crippen molar-refractivity contribution < 1.29 is 27.9 Å². The number of halogens is 3. The lowest BCUT2D eigenvalue weighted by Crippen LogP contribution is -2.37. The van der Waals surface area contributed by atoms with Crippen molar-refractivity contribution in [2.75, 3.05) is 6.54 Å². The van der Waals surface area contributed by atoms with E-state index in [-0.39, 0.29) is 11.7 Å². The zero-order chi connectivity index (χ0) is 14.2. The van der Waals surface area contributed by atoms with E-state index in [0.717, 1.165) is 10.3 Å². The van der Waals surface area contributed by atoms with Crippen LogP contribution in [0.4, 0.5) is 13.2 Å². The SMILES string of the molecule is O=C(O)CN(C(=O)c1csc(C(F)(F)F)n1)C1CC1. The molecule has 1 aromatic rings. The molecule has 0 spiro atoms. The first-order valence-electron chi connectivity index (χ1n) is 5.34. The van der Waals surface area contributed by atoms with Crippen molar-refractivity contribution in [2.45, 2.75) is 25.1 Å². The van der Waals surface area contributed by atoms with Crippen LogP contribution in [0.15, 0.2) is 5.38 Å². The van der Waals surface area contributed by atoms with Gasteiger partial charge in [0.15, 0.2) is 5.01 Å². The number of rotatable bonds is 4. The third-order valence-corrected chi connectivity index (χ3v) is 3.41. The Kier molecular flexibility index (Phi) is 3.48. The molecule has 0 radical (unpaired) electrons. The molecule has 1 amide bonds. The molecule has 1 aromatic heterocycles. The van der Waals surface area contributed by atoms with Crippen molar-refractivity contribution >= 4 is 23.2 Å². The number of hydrogen-bond acceptors (Lipinski definition) is 4. The minimum absolute atomic E-state index is 0.209. The molecule has 9 heteroatoms. The molecule has 0 aromatic carbocycles. The summed E-state index contributed by atoms with van der Waals surface area (Å²) >= 11 is 0.322. The normalized spacial score (nSPS) is 15.3. The average molecular weight is 294 g/mol. The van der Waals surface area contributed by atoms with Crippen LogP contribution in [0, 0.1) is 0 Å². The van der Waals surface area contributed by atoms with Crippen LogP contribution < -0.4 is 0 Å². The maximum absolute atomic E-state index is 12.4. The molecule has 0 saturated heterocycles. The van der Waals surface area contributed by atoms with Gasteiger partial charge in [-0.3, -0.25) is 9.59 Å². The zero-order valence-electron chi connectivity index (χ0n) is 9.48. The maximum Gasteiger partial charge on any atom is 0.443 e. The molecular weight excluding hydrogens is 285 g/mol. The molecule has 0 atom stereocenters. The lowest BCUT2D eigenvalue weighted by Gasteiger charge is -2.18. The van der Waals surface area contributed by atoms with Crippen LogP contribution in [0.2, 0.25) is 0 Å². The van der Waals surface area contributed by atoms with Crippen LogP contribution in [0.1, 0.15) is 28.3 Å². The first-order chi connectivity index (χ1) is 8.79. The number of aromatic nitrogens is 1. The number of carbonyl (C=O) groups excluding carboxylic acids is 1. The molecule has 104 valence electrons. The van der Waals surface area contributed by atoms with Gasteiger partial charge in [0.25, 0.3) is 5.91 Å². The summed E-state index contributed by atoms with van der Waals surface area (Å²) in [6.07, 6.45) is -3.27. The highest BCUT2D eigenvalue weighted by molar-refractivity contribution is 7.09. The number of amides is 1. The lowest BCUT2D eigenvalue weighted by molar-refractivity contribution is -0.138. The van der Waals surface area contributed by atoms with E-state index >= 15 is 0 Å². The number of alkyl halides is 3. The molecule has 1 fully saturated rings. The van der Waals surface area contributed by atoms with E-state index < -0.39 is 29.6 Å². The Balaban J connectivity index is 2.17. The van der Waals surface area contributed by atoms with Gasteiger partial charge in [-0.2, -0.15) is 13.2 Å². The quantitative estimate of drug-likeness (QED) is 0.920. The summed E-state index contributed by atoms with van der Waals surface area (Å²) in [7, 11) is 0. The summed E-state index contributed by atoms with van der Waals surface area (Å²) in [6, 6.07) is -0.209. The molecule has 1 heterocycles. The second-order valence-corrected chi connectivity index (χ2v) is 4.95. The molecule has 5 nitrogen and oxygen atoms in total. The van der Waals surface area contributed by atoms with Crippen molar-refractivity contribution in [3.05, 3.63) is 16.1 Å². The van der Waals surface area contributed by atoms with Crippen LogP contribution in [0.25, 0.3) is 0 Å². The van der Waals surface area contributed by atoms with Gasteiger partial charge < -0.3 is 10.0 Å². The molecule has 1 N–H and O–H groups in total. The van der Waals surface area contributed by atoms with E-state index in [4.69, 9.17) is 5.11 Å². The van der Waals surface area contributed by atoms with E-state index in [9.17, 15) is 22.8 Å². The summed E-state index contributed by atoms with van der Waals surface area (Å²) in [5, 5.41) is 8.59. The minimum atomic E-state index is -4.60. The van der Waals surface area contributed by atoms with Crippen LogP contribution in [-0.4, -0.2) is 39.5 Å². The number of thiazole rings is 1. The number of carboxylic acids is 1. The fraction of sp³-hybridized carbons (Fsp3) is 0.500. The minimum Gasteiger partial charge on any atom is -0.480 e. The van der Waals surface area contributed by atoms with Crippen molar-refractivity contribution in [2.24, 2.45) is 0 Å². The third-order valence-electron chi connectivity index (χ3n) is 2.52. The summed E-state index contributed by atoms with van der Waals surface area (Å²) in [4.78, 5) is 26.9. The van der Waals surface area contributed by atoms with E-state index in [1.54, 1.807) is 0 Å². The monoisotopic (exact) mass is 294 g/mol. The first-order valence-corrected chi connectivity index (χ1v) is 6.22. The van der Waals surface area contributed by atoms with Crippen molar-refractivity contribution in [3.8, 4) is 0 Å². The van der Waals surface area contributed by atoms with Crippen LogP contribution in [-0.2, 0) is 11.0 Å². The van der Waals surface area contributed by atoms with Crippen LogP contribution >= 0.6 is 11.3 Å². The van der Waals surface area contributed by atoms with E-state index in [2.05, 4.69) is 4.98 Å². The molecule has 1 aliphatic rings. The van der Waals surface area contributed by atoms with Gasteiger partial charge in [-0.1, -0.05) is 0 Å². The lowest BCUT2D eigenvalue weighted by atomic mass is 10.3. The van der Waals surface area contributed by atoms with Gasteiger partial charge in [-0.05, 0) is 12.8 Å². The van der Waals surface area contributed by atoms with Crippen molar-refractivity contribution in [3.63, 3.8) is 0 Å². The van der Waals surface area contributed by atoms with Gasteiger partial charge in [0.2, 0.25) is 0 Å².